The topological polar surface area (TPSA) is 72.7 Å². The van der Waals surface area contributed by atoms with Crippen molar-refractivity contribution >= 4 is 33.9 Å². The largest absolute Gasteiger partial charge is 0.497 e. The summed E-state index contributed by atoms with van der Waals surface area (Å²) in [5.74, 6) is 0.469. The fourth-order valence-corrected chi connectivity index (χ4v) is 3.29. The summed E-state index contributed by atoms with van der Waals surface area (Å²) < 4.78 is 6.96. The van der Waals surface area contributed by atoms with Crippen LogP contribution < -0.4 is 15.6 Å². The van der Waals surface area contributed by atoms with E-state index in [1.807, 2.05) is 65.2 Å². The molecule has 6 heteroatoms. The number of ether oxygens (including phenoxy) is 1. The summed E-state index contributed by atoms with van der Waals surface area (Å²) in [5.41, 5.74) is 4.78. The molecule has 0 saturated carbocycles. The quantitative estimate of drug-likeness (QED) is 0.325. The molecule has 29 heavy (non-hydrogen) atoms. The molecular formula is C23H19N3O3. The smallest absolute Gasteiger partial charge is 0.260 e. The highest BCUT2D eigenvalue weighted by molar-refractivity contribution is 5.95. The number of aromatic nitrogens is 1. The Morgan fingerprint density at radius 2 is 1.55 bits per heavy atom. The third kappa shape index (κ3) is 3.73. The molecule has 0 radical (unpaired) electrons. The van der Waals surface area contributed by atoms with Crippen molar-refractivity contribution in [3.8, 4) is 5.75 Å². The molecule has 3 aromatic carbocycles. The van der Waals surface area contributed by atoms with Gasteiger partial charge in [0.25, 0.3) is 5.91 Å². The maximum atomic E-state index is 12.8. The molecule has 0 saturated heterocycles. The Bertz CT molecular complexity index is 1210. The van der Waals surface area contributed by atoms with E-state index in [0.29, 0.717) is 21.8 Å². The number of para-hydroxylation sites is 2. The molecule has 144 valence electrons. The van der Waals surface area contributed by atoms with Gasteiger partial charge in [-0.05, 0) is 54.1 Å². The molecule has 0 unspecified atom stereocenters. The number of nitrogens with zero attached hydrogens (tertiary/aromatic N) is 2. The lowest BCUT2D eigenvalue weighted by molar-refractivity contribution is -0.121. The lowest BCUT2D eigenvalue weighted by Gasteiger charge is -2.14. The number of carbonyl (C=O) groups excluding carboxylic acids is 1. The summed E-state index contributed by atoms with van der Waals surface area (Å²) >= 11 is 0. The highest BCUT2D eigenvalue weighted by Crippen LogP contribution is 2.19. The minimum Gasteiger partial charge on any atom is -0.497 e. The van der Waals surface area contributed by atoms with Crippen LogP contribution in [0.15, 0.2) is 82.7 Å². The van der Waals surface area contributed by atoms with Gasteiger partial charge in [-0.2, -0.15) is 5.10 Å². The number of pyridine rings is 1. The van der Waals surface area contributed by atoms with Crippen molar-refractivity contribution in [1.29, 1.82) is 0 Å². The van der Waals surface area contributed by atoms with Gasteiger partial charge in [0.1, 0.15) is 12.3 Å². The van der Waals surface area contributed by atoms with Crippen LogP contribution in [0.25, 0.3) is 21.8 Å². The van der Waals surface area contributed by atoms with E-state index in [0.717, 1.165) is 11.3 Å². The van der Waals surface area contributed by atoms with E-state index in [-0.39, 0.29) is 17.9 Å². The minimum absolute atomic E-state index is 0.0367. The first-order chi connectivity index (χ1) is 14.2. The van der Waals surface area contributed by atoms with Crippen LogP contribution in [0.4, 0.5) is 0 Å². The molecule has 0 spiro atoms. The lowest BCUT2D eigenvalue weighted by Crippen LogP contribution is -2.25. The molecule has 0 atom stereocenters. The van der Waals surface area contributed by atoms with Crippen molar-refractivity contribution in [1.82, 2.24) is 9.99 Å². The van der Waals surface area contributed by atoms with Crippen LogP contribution in [-0.2, 0) is 11.3 Å². The Balaban J connectivity index is 1.61. The van der Waals surface area contributed by atoms with E-state index in [4.69, 9.17) is 4.74 Å². The number of benzene rings is 3. The van der Waals surface area contributed by atoms with Gasteiger partial charge >= 0.3 is 0 Å². The average Bonchev–Trinajstić information content (AvgIpc) is 2.77. The summed E-state index contributed by atoms with van der Waals surface area (Å²) in [4.78, 5) is 25.3. The van der Waals surface area contributed by atoms with Crippen molar-refractivity contribution in [2.45, 2.75) is 6.54 Å². The monoisotopic (exact) mass is 385 g/mol. The van der Waals surface area contributed by atoms with Gasteiger partial charge in [0, 0.05) is 10.8 Å². The second-order valence-electron chi connectivity index (χ2n) is 6.52. The molecule has 1 aromatic heterocycles. The summed E-state index contributed by atoms with van der Waals surface area (Å²) in [5, 5.41) is 5.20. The third-order valence-electron chi connectivity index (χ3n) is 4.70. The van der Waals surface area contributed by atoms with Crippen molar-refractivity contribution in [2.24, 2.45) is 5.10 Å². The van der Waals surface area contributed by atoms with Gasteiger partial charge in [0.2, 0.25) is 0 Å². The maximum Gasteiger partial charge on any atom is 0.260 e. The highest BCUT2D eigenvalue weighted by atomic mass is 16.5. The number of hydrogen-bond acceptors (Lipinski definition) is 4. The number of hydrazone groups is 1. The number of hydrogen-bond donors (Lipinski definition) is 1. The number of rotatable bonds is 5. The standard InChI is InChI=1S/C23H19N3O3/c1-29-17-12-10-16(11-13-17)14-24-25-22(27)15-26-20-8-4-2-6-18(20)23(28)19-7-3-5-9-21(19)26/h2-14H,15H2,1H3,(H,25,27)/b24-14+. The van der Waals surface area contributed by atoms with Crippen molar-refractivity contribution in [3.63, 3.8) is 0 Å². The van der Waals surface area contributed by atoms with Gasteiger partial charge < -0.3 is 9.30 Å². The Morgan fingerprint density at radius 1 is 0.966 bits per heavy atom. The fourth-order valence-electron chi connectivity index (χ4n) is 3.29. The number of fused-ring (bicyclic) bond motifs is 2. The molecular weight excluding hydrogens is 366 g/mol. The number of amides is 1. The van der Waals surface area contributed by atoms with Crippen LogP contribution >= 0.6 is 0 Å². The van der Waals surface area contributed by atoms with Gasteiger partial charge in [-0.1, -0.05) is 24.3 Å². The minimum atomic E-state index is -0.284. The van der Waals surface area contributed by atoms with Gasteiger partial charge in [-0.15, -0.1) is 0 Å². The fraction of sp³-hybridized carbons (Fsp3) is 0.0870. The lowest BCUT2D eigenvalue weighted by atomic mass is 10.1. The Morgan fingerprint density at radius 3 is 2.14 bits per heavy atom. The Labute approximate surface area is 167 Å². The van der Waals surface area contributed by atoms with Crippen LogP contribution in [0.5, 0.6) is 5.75 Å². The van der Waals surface area contributed by atoms with Gasteiger partial charge in [-0.25, -0.2) is 5.43 Å². The molecule has 1 N–H and O–H groups in total. The molecule has 4 rings (SSSR count). The molecule has 0 aliphatic rings. The molecule has 0 fully saturated rings. The van der Waals surface area contributed by atoms with Crippen molar-refractivity contribution in [2.75, 3.05) is 7.11 Å². The first kappa shape index (κ1) is 18.4. The second kappa shape index (κ2) is 7.98. The zero-order chi connectivity index (χ0) is 20.2. The normalized spacial score (nSPS) is 11.2. The van der Waals surface area contributed by atoms with Crippen molar-refractivity contribution in [3.05, 3.63) is 88.6 Å². The van der Waals surface area contributed by atoms with Crippen LogP contribution in [-0.4, -0.2) is 23.8 Å². The average molecular weight is 385 g/mol. The summed E-state index contributed by atoms with van der Waals surface area (Å²) in [7, 11) is 1.60. The first-order valence-corrected chi connectivity index (χ1v) is 9.13. The zero-order valence-electron chi connectivity index (χ0n) is 15.8. The Hall–Kier alpha value is -3.93. The van der Waals surface area contributed by atoms with Crippen molar-refractivity contribution < 1.29 is 9.53 Å². The Kier molecular flexibility index (Phi) is 5.07. The van der Waals surface area contributed by atoms with Gasteiger partial charge in [0.05, 0.1) is 24.4 Å². The van der Waals surface area contributed by atoms with Crippen LogP contribution in [0.1, 0.15) is 5.56 Å². The summed E-state index contributed by atoms with van der Waals surface area (Å²) in [6.45, 7) is 0.0429. The zero-order valence-corrected chi connectivity index (χ0v) is 15.8. The SMILES string of the molecule is COc1ccc(/C=N/NC(=O)Cn2c3ccccc3c(=O)c3ccccc32)cc1. The van der Waals surface area contributed by atoms with E-state index in [2.05, 4.69) is 10.5 Å². The maximum absolute atomic E-state index is 12.8. The molecule has 0 aliphatic carbocycles. The highest BCUT2D eigenvalue weighted by Gasteiger charge is 2.12. The van der Waals surface area contributed by atoms with Crippen LogP contribution in [0, 0.1) is 0 Å². The van der Waals surface area contributed by atoms with Gasteiger partial charge in [0.15, 0.2) is 5.43 Å². The third-order valence-corrected chi connectivity index (χ3v) is 4.70. The van der Waals surface area contributed by atoms with E-state index < -0.39 is 0 Å². The first-order valence-electron chi connectivity index (χ1n) is 9.13. The van der Waals surface area contributed by atoms with E-state index in [1.54, 1.807) is 25.5 Å². The molecule has 0 aliphatic heterocycles. The molecule has 1 amide bonds. The molecule has 0 bridgehead atoms. The number of nitrogens with one attached hydrogen (secondary N) is 1. The van der Waals surface area contributed by atoms with E-state index in [9.17, 15) is 9.59 Å². The predicted octanol–water partition coefficient (Wildman–Crippen LogP) is 3.31. The van der Waals surface area contributed by atoms with Gasteiger partial charge in [-0.3, -0.25) is 9.59 Å². The van der Waals surface area contributed by atoms with E-state index >= 15 is 0 Å². The molecule has 4 aromatic rings. The number of carbonyl (C=O) groups is 1. The second-order valence-corrected chi connectivity index (χ2v) is 6.52. The summed E-state index contributed by atoms with van der Waals surface area (Å²) in [6.07, 6.45) is 1.57. The summed E-state index contributed by atoms with van der Waals surface area (Å²) in [6, 6.07) is 21.9. The van der Waals surface area contributed by atoms with Crippen LogP contribution in [0.3, 0.4) is 0 Å². The molecule has 6 nitrogen and oxygen atoms in total. The predicted molar refractivity (Wildman–Crippen MR) is 114 cm³/mol. The van der Waals surface area contributed by atoms with E-state index in [1.165, 1.54) is 0 Å². The molecule has 1 heterocycles. The number of methoxy groups -OCH3 is 1. The van der Waals surface area contributed by atoms with Crippen LogP contribution in [0.2, 0.25) is 0 Å².